The Bertz CT molecular complexity index is 404. The fraction of sp³-hybridized carbons (Fsp3) is 0.300. The van der Waals surface area contributed by atoms with E-state index in [4.69, 9.17) is 5.73 Å². The van der Waals surface area contributed by atoms with Gasteiger partial charge in [0.05, 0.1) is 6.04 Å². The first-order chi connectivity index (χ1) is 7.40. The number of aldehydes is 1. The SMILES string of the molecule is Cc1c(F)c(F)c(F)c(C[C@H](N)C=O)c1F. The maximum atomic E-state index is 13.4. The van der Waals surface area contributed by atoms with Gasteiger partial charge < -0.3 is 10.5 Å². The first-order valence-corrected chi connectivity index (χ1v) is 4.42. The van der Waals surface area contributed by atoms with Crippen LogP contribution in [0.1, 0.15) is 11.1 Å². The van der Waals surface area contributed by atoms with Crippen molar-refractivity contribution < 1.29 is 22.4 Å². The molecule has 0 aliphatic carbocycles. The van der Waals surface area contributed by atoms with Crippen LogP contribution in [0.4, 0.5) is 17.6 Å². The Labute approximate surface area is 89.1 Å². The summed E-state index contributed by atoms with van der Waals surface area (Å²) in [5, 5.41) is 0. The molecule has 2 nitrogen and oxygen atoms in total. The quantitative estimate of drug-likeness (QED) is 0.374. The molecule has 0 aromatic heterocycles. The Balaban J connectivity index is 3.33. The van der Waals surface area contributed by atoms with Gasteiger partial charge >= 0.3 is 0 Å². The number of hydrogen-bond acceptors (Lipinski definition) is 2. The fourth-order valence-electron chi connectivity index (χ4n) is 1.28. The molecule has 0 radical (unpaired) electrons. The van der Waals surface area contributed by atoms with Crippen molar-refractivity contribution in [1.82, 2.24) is 0 Å². The Morgan fingerprint density at radius 2 is 1.69 bits per heavy atom. The summed E-state index contributed by atoms with van der Waals surface area (Å²) < 4.78 is 52.4. The molecule has 0 aliphatic rings. The first-order valence-electron chi connectivity index (χ1n) is 4.42. The number of halogens is 4. The van der Waals surface area contributed by atoms with Crippen LogP contribution in [0.2, 0.25) is 0 Å². The van der Waals surface area contributed by atoms with Crippen molar-refractivity contribution >= 4 is 6.29 Å². The van der Waals surface area contributed by atoms with Gasteiger partial charge in [-0.2, -0.15) is 0 Å². The van der Waals surface area contributed by atoms with Gasteiger partial charge in [-0.15, -0.1) is 0 Å². The van der Waals surface area contributed by atoms with Crippen molar-refractivity contribution in [3.05, 3.63) is 34.4 Å². The second-order valence-corrected chi connectivity index (χ2v) is 3.36. The molecular formula is C10H9F4NO. The zero-order chi connectivity index (χ0) is 12.5. The first kappa shape index (κ1) is 12.6. The third kappa shape index (κ3) is 2.06. The van der Waals surface area contributed by atoms with E-state index in [0.717, 1.165) is 6.92 Å². The van der Waals surface area contributed by atoms with Gasteiger partial charge in [-0.05, 0) is 6.92 Å². The minimum Gasteiger partial charge on any atom is -0.321 e. The minimum atomic E-state index is -1.76. The fourth-order valence-corrected chi connectivity index (χ4v) is 1.28. The summed E-state index contributed by atoms with van der Waals surface area (Å²) in [6.45, 7) is 0.975. The molecule has 1 aromatic rings. The zero-order valence-corrected chi connectivity index (χ0v) is 8.36. The van der Waals surface area contributed by atoms with Crippen LogP contribution in [0.15, 0.2) is 0 Å². The van der Waals surface area contributed by atoms with Crippen LogP contribution < -0.4 is 5.73 Å². The number of rotatable bonds is 3. The molecule has 0 aliphatic heterocycles. The monoisotopic (exact) mass is 235 g/mol. The molecule has 0 saturated heterocycles. The number of carbonyl (C=O) groups excluding carboxylic acids is 1. The van der Waals surface area contributed by atoms with Crippen molar-refractivity contribution in [3.8, 4) is 0 Å². The van der Waals surface area contributed by atoms with Gasteiger partial charge in [0.15, 0.2) is 17.5 Å². The Morgan fingerprint density at radius 1 is 1.12 bits per heavy atom. The second-order valence-electron chi connectivity index (χ2n) is 3.36. The molecule has 0 spiro atoms. The molecule has 16 heavy (non-hydrogen) atoms. The number of hydrogen-bond donors (Lipinski definition) is 1. The van der Waals surface area contributed by atoms with E-state index in [-0.39, 0.29) is 6.29 Å². The molecule has 0 saturated carbocycles. The van der Waals surface area contributed by atoms with Gasteiger partial charge in [0.2, 0.25) is 0 Å². The molecule has 1 rings (SSSR count). The molecule has 0 heterocycles. The molecule has 0 bridgehead atoms. The number of carbonyl (C=O) groups is 1. The van der Waals surface area contributed by atoms with Crippen LogP contribution >= 0.6 is 0 Å². The molecular weight excluding hydrogens is 226 g/mol. The summed E-state index contributed by atoms with van der Waals surface area (Å²) in [6, 6.07) is -1.16. The topological polar surface area (TPSA) is 43.1 Å². The van der Waals surface area contributed by atoms with Crippen molar-refractivity contribution in [2.75, 3.05) is 0 Å². The maximum absolute atomic E-state index is 13.4. The van der Waals surface area contributed by atoms with Gasteiger partial charge in [0.25, 0.3) is 0 Å². The van der Waals surface area contributed by atoms with Crippen LogP contribution in [-0.2, 0) is 11.2 Å². The van der Waals surface area contributed by atoms with E-state index < -0.39 is 46.9 Å². The summed E-state index contributed by atoms with van der Waals surface area (Å²) in [7, 11) is 0. The van der Waals surface area contributed by atoms with Crippen LogP contribution in [0.5, 0.6) is 0 Å². The molecule has 0 amide bonds. The molecule has 0 fully saturated rings. The predicted octanol–water partition coefficient (Wildman–Crippen LogP) is 1.62. The normalized spacial score (nSPS) is 12.6. The van der Waals surface area contributed by atoms with Crippen LogP contribution in [0.3, 0.4) is 0 Å². The third-order valence-electron chi connectivity index (χ3n) is 2.19. The van der Waals surface area contributed by atoms with Gasteiger partial charge in [-0.1, -0.05) is 0 Å². The average Bonchev–Trinajstić information content (AvgIpc) is 2.29. The lowest BCUT2D eigenvalue weighted by atomic mass is 10.0. The van der Waals surface area contributed by atoms with Gasteiger partial charge in [0.1, 0.15) is 12.1 Å². The van der Waals surface area contributed by atoms with E-state index in [1.165, 1.54) is 0 Å². The summed E-state index contributed by atoms with van der Waals surface area (Å²) in [4.78, 5) is 10.2. The van der Waals surface area contributed by atoms with Gasteiger partial charge in [0, 0.05) is 17.5 Å². The largest absolute Gasteiger partial charge is 0.321 e. The highest BCUT2D eigenvalue weighted by Gasteiger charge is 2.23. The van der Waals surface area contributed by atoms with Crippen LogP contribution in [0, 0.1) is 30.2 Å². The Kier molecular flexibility index (Phi) is 3.64. The van der Waals surface area contributed by atoms with E-state index >= 15 is 0 Å². The van der Waals surface area contributed by atoms with E-state index in [9.17, 15) is 22.4 Å². The summed E-state index contributed by atoms with van der Waals surface area (Å²) >= 11 is 0. The van der Waals surface area contributed by atoms with Crippen molar-refractivity contribution in [2.24, 2.45) is 5.73 Å². The van der Waals surface area contributed by atoms with E-state index in [1.54, 1.807) is 0 Å². The van der Waals surface area contributed by atoms with Crippen molar-refractivity contribution in [2.45, 2.75) is 19.4 Å². The average molecular weight is 235 g/mol. The summed E-state index contributed by atoms with van der Waals surface area (Å²) in [5.74, 6) is -6.18. The maximum Gasteiger partial charge on any atom is 0.195 e. The van der Waals surface area contributed by atoms with Crippen molar-refractivity contribution in [3.63, 3.8) is 0 Å². The van der Waals surface area contributed by atoms with E-state index in [1.807, 2.05) is 0 Å². The molecule has 88 valence electrons. The molecule has 1 atom stereocenters. The summed E-state index contributed by atoms with van der Waals surface area (Å²) in [5.41, 5.74) is 3.82. The van der Waals surface area contributed by atoms with Crippen LogP contribution in [-0.4, -0.2) is 12.3 Å². The van der Waals surface area contributed by atoms with Crippen molar-refractivity contribution in [1.29, 1.82) is 0 Å². The lowest BCUT2D eigenvalue weighted by Crippen LogP contribution is -2.26. The highest BCUT2D eigenvalue weighted by molar-refractivity contribution is 5.58. The summed E-state index contributed by atoms with van der Waals surface area (Å²) in [6.07, 6.45) is -0.241. The zero-order valence-electron chi connectivity index (χ0n) is 8.36. The highest BCUT2D eigenvalue weighted by atomic mass is 19.2. The smallest absolute Gasteiger partial charge is 0.195 e. The Hall–Kier alpha value is -1.43. The van der Waals surface area contributed by atoms with E-state index in [0.29, 0.717) is 0 Å². The van der Waals surface area contributed by atoms with Gasteiger partial charge in [-0.25, -0.2) is 17.6 Å². The predicted molar refractivity (Wildman–Crippen MR) is 48.8 cm³/mol. The Morgan fingerprint density at radius 3 is 2.19 bits per heavy atom. The lowest BCUT2D eigenvalue weighted by molar-refractivity contribution is -0.108. The lowest BCUT2D eigenvalue weighted by Gasteiger charge is -2.10. The minimum absolute atomic E-state index is 0.273. The second kappa shape index (κ2) is 4.61. The van der Waals surface area contributed by atoms with Crippen LogP contribution in [0.25, 0.3) is 0 Å². The molecule has 6 heteroatoms. The molecule has 0 unspecified atom stereocenters. The number of nitrogens with two attached hydrogens (primary N) is 1. The molecule has 2 N–H and O–H groups in total. The van der Waals surface area contributed by atoms with E-state index in [2.05, 4.69) is 0 Å². The highest BCUT2D eigenvalue weighted by Crippen LogP contribution is 2.24. The molecule has 1 aromatic carbocycles. The number of benzene rings is 1. The standard InChI is InChI=1S/C10H9F4NO/c1-4-7(11)6(2-5(15)3-16)9(13)10(14)8(4)12/h3,5H,2,15H2,1H3/t5-/m0/s1. The third-order valence-corrected chi connectivity index (χ3v) is 2.19. The van der Waals surface area contributed by atoms with Gasteiger partial charge in [-0.3, -0.25) is 0 Å².